The molecule has 0 saturated carbocycles. The largest absolute Gasteiger partial charge is 0.356 e. The molecule has 0 fully saturated rings. The van der Waals surface area contributed by atoms with Gasteiger partial charge in [-0.3, -0.25) is 15.1 Å². The molecule has 2 rings (SSSR count). The fourth-order valence-corrected chi connectivity index (χ4v) is 1.99. The zero-order chi connectivity index (χ0) is 17.2. The Kier molecular flexibility index (Phi) is 9.45. The van der Waals surface area contributed by atoms with Crippen LogP contribution in [0.5, 0.6) is 0 Å². The van der Waals surface area contributed by atoms with Crippen molar-refractivity contribution >= 4 is 35.6 Å². The molecule has 7 nitrogen and oxygen atoms in total. The maximum absolute atomic E-state index is 10.7. The summed E-state index contributed by atoms with van der Waals surface area (Å²) >= 11 is 0. The van der Waals surface area contributed by atoms with Crippen molar-refractivity contribution in [2.75, 3.05) is 6.54 Å². The Morgan fingerprint density at radius 2 is 1.96 bits per heavy atom. The Hall–Kier alpha value is -2.23. The number of hydrogen-bond donors (Lipinski definition) is 2. The summed E-state index contributed by atoms with van der Waals surface area (Å²) in [6.07, 6.45) is 2.74. The molecule has 0 atom stereocenters. The minimum Gasteiger partial charge on any atom is -0.356 e. The number of nitro groups is 1. The van der Waals surface area contributed by atoms with Gasteiger partial charge < -0.3 is 10.6 Å². The van der Waals surface area contributed by atoms with Crippen LogP contribution in [0, 0.1) is 10.1 Å². The summed E-state index contributed by atoms with van der Waals surface area (Å²) in [5.74, 6) is 0.695. The number of non-ortho nitro benzene ring substituents is 1. The summed E-state index contributed by atoms with van der Waals surface area (Å²) < 4.78 is 0. The zero-order valence-electron chi connectivity index (χ0n) is 14.0. The molecule has 134 valence electrons. The number of benzene rings is 1. The first-order valence-corrected chi connectivity index (χ1v) is 7.84. The molecule has 0 aliphatic carbocycles. The maximum Gasteiger partial charge on any atom is 0.269 e. The first kappa shape index (κ1) is 20.8. The van der Waals surface area contributed by atoms with Crippen molar-refractivity contribution in [3.05, 3.63) is 70.0 Å². The number of rotatable bonds is 7. The average molecular weight is 455 g/mol. The van der Waals surface area contributed by atoms with Crippen LogP contribution in [0.2, 0.25) is 0 Å². The number of aromatic nitrogens is 1. The van der Waals surface area contributed by atoms with Crippen LogP contribution in [0.4, 0.5) is 5.69 Å². The molecule has 0 radical (unpaired) electrons. The summed E-state index contributed by atoms with van der Waals surface area (Å²) in [6.45, 7) is 3.92. The van der Waals surface area contributed by atoms with Gasteiger partial charge in [-0.15, -0.1) is 24.0 Å². The van der Waals surface area contributed by atoms with Gasteiger partial charge >= 0.3 is 0 Å². The average Bonchev–Trinajstić information content (AvgIpc) is 2.62. The van der Waals surface area contributed by atoms with Gasteiger partial charge in [0.1, 0.15) is 0 Å². The SMILES string of the molecule is CCCNC(=NCc1ccc([N+](=O)[O-])cc1)NCc1ccccn1.I. The minimum absolute atomic E-state index is 0. The van der Waals surface area contributed by atoms with Crippen LogP contribution in [-0.4, -0.2) is 22.4 Å². The van der Waals surface area contributed by atoms with Crippen molar-refractivity contribution < 1.29 is 4.92 Å². The predicted molar refractivity (Wildman–Crippen MR) is 109 cm³/mol. The Balaban J connectivity index is 0.00000312. The summed E-state index contributed by atoms with van der Waals surface area (Å²) in [7, 11) is 0. The molecule has 0 aliphatic heterocycles. The normalized spacial score (nSPS) is 10.7. The third-order valence-corrected chi connectivity index (χ3v) is 3.27. The van der Waals surface area contributed by atoms with Crippen molar-refractivity contribution in [3.63, 3.8) is 0 Å². The molecule has 1 aromatic heterocycles. The molecule has 25 heavy (non-hydrogen) atoms. The molecular weight excluding hydrogens is 433 g/mol. The molecule has 0 spiro atoms. The number of pyridine rings is 1. The van der Waals surface area contributed by atoms with Crippen molar-refractivity contribution in [2.45, 2.75) is 26.4 Å². The fraction of sp³-hybridized carbons (Fsp3) is 0.294. The van der Waals surface area contributed by atoms with E-state index in [0.29, 0.717) is 19.0 Å². The van der Waals surface area contributed by atoms with E-state index < -0.39 is 4.92 Å². The lowest BCUT2D eigenvalue weighted by atomic mass is 10.2. The van der Waals surface area contributed by atoms with Crippen LogP contribution < -0.4 is 10.6 Å². The van der Waals surface area contributed by atoms with Gasteiger partial charge in [0, 0.05) is 24.9 Å². The second kappa shape index (κ2) is 11.3. The Labute approximate surface area is 164 Å². The Morgan fingerprint density at radius 3 is 2.56 bits per heavy atom. The highest BCUT2D eigenvalue weighted by molar-refractivity contribution is 14.0. The van der Waals surface area contributed by atoms with E-state index in [1.807, 2.05) is 18.2 Å². The van der Waals surface area contributed by atoms with Crippen LogP contribution in [0.25, 0.3) is 0 Å². The number of nitro benzene ring substituents is 1. The summed E-state index contributed by atoms with van der Waals surface area (Å²) in [5.41, 5.74) is 1.93. The standard InChI is InChI=1S/C17H21N5O2.HI/c1-2-10-19-17(21-13-15-5-3-4-11-18-15)20-12-14-6-8-16(9-7-14)22(23)24;/h3-9,11H,2,10,12-13H2,1H3,(H2,19,20,21);1H. The number of aliphatic imine (C=N–C) groups is 1. The van der Waals surface area contributed by atoms with E-state index in [1.54, 1.807) is 18.3 Å². The molecule has 8 heteroatoms. The van der Waals surface area contributed by atoms with Gasteiger partial charge in [0.05, 0.1) is 23.7 Å². The van der Waals surface area contributed by atoms with Gasteiger partial charge in [-0.05, 0) is 24.1 Å². The number of nitrogens with zero attached hydrogens (tertiary/aromatic N) is 3. The van der Waals surface area contributed by atoms with Gasteiger partial charge in [0.15, 0.2) is 5.96 Å². The Morgan fingerprint density at radius 1 is 1.20 bits per heavy atom. The van der Waals surface area contributed by atoms with Gasteiger partial charge in [0.25, 0.3) is 5.69 Å². The minimum atomic E-state index is -0.407. The third kappa shape index (κ3) is 7.46. The van der Waals surface area contributed by atoms with Crippen LogP contribution >= 0.6 is 24.0 Å². The van der Waals surface area contributed by atoms with Gasteiger partial charge in [-0.25, -0.2) is 4.99 Å². The highest BCUT2D eigenvalue weighted by Crippen LogP contribution is 2.12. The topological polar surface area (TPSA) is 92.5 Å². The number of hydrogen-bond acceptors (Lipinski definition) is 4. The second-order valence-corrected chi connectivity index (χ2v) is 5.19. The van der Waals surface area contributed by atoms with Crippen molar-refractivity contribution in [1.29, 1.82) is 0 Å². The monoisotopic (exact) mass is 455 g/mol. The maximum atomic E-state index is 10.7. The molecule has 1 aromatic carbocycles. The summed E-state index contributed by atoms with van der Waals surface area (Å²) in [4.78, 5) is 19.0. The van der Waals surface area contributed by atoms with E-state index in [-0.39, 0.29) is 29.7 Å². The van der Waals surface area contributed by atoms with E-state index in [1.165, 1.54) is 12.1 Å². The molecule has 0 saturated heterocycles. The predicted octanol–water partition coefficient (Wildman–Crippen LogP) is 3.25. The molecule has 2 N–H and O–H groups in total. The van der Waals surface area contributed by atoms with Crippen LogP contribution in [0.1, 0.15) is 24.6 Å². The zero-order valence-corrected chi connectivity index (χ0v) is 16.3. The first-order valence-electron chi connectivity index (χ1n) is 7.84. The van der Waals surface area contributed by atoms with E-state index >= 15 is 0 Å². The van der Waals surface area contributed by atoms with E-state index in [2.05, 4.69) is 27.5 Å². The molecule has 0 aliphatic rings. The first-order chi connectivity index (χ1) is 11.7. The lowest BCUT2D eigenvalue weighted by Gasteiger charge is -2.11. The van der Waals surface area contributed by atoms with E-state index in [4.69, 9.17) is 0 Å². The van der Waals surface area contributed by atoms with Gasteiger partial charge in [0.2, 0.25) is 0 Å². The fourth-order valence-electron chi connectivity index (χ4n) is 1.99. The van der Waals surface area contributed by atoms with Crippen molar-refractivity contribution in [3.8, 4) is 0 Å². The van der Waals surface area contributed by atoms with Crippen molar-refractivity contribution in [1.82, 2.24) is 15.6 Å². The molecule has 0 amide bonds. The molecule has 1 heterocycles. The lowest BCUT2D eigenvalue weighted by molar-refractivity contribution is -0.384. The number of guanidine groups is 1. The third-order valence-electron chi connectivity index (χ3n) is 3.27. The molecule has 0 unspecified atom stereocenters. The second-order valence-electron chi connectivity index (χ2n) is 5.19. The summed E-state index contributed by atoms with van der Waals surface area (Å²) in [6, 6.07) is 12.2. The lowest BCUT2D eigenvalue weighted by Crippen LogP contribution is -2.37. The smallest absolute Gasteiger partial charge is 0.269 e. The highest BCUT2D eigenvalue weighted by Gasteiger charge is 2.04. The van der Waals surface area contributed by atoms with E-state index in [9.17, 15) is 10.1 Å². The molecule has 2 aromatic rings. The van der Waals surface area contributed by atoms with Gasteiger partial charge in [-0.2, -0.15) is 0 Å². The quantitative estimate of drug-likeness (QED) is 0.220. The molecular formula is C17H22IN5O2. The highest BCUT2D eigenvalue weighted by atomic mass is 127. The van der Waals surface area contributed by atoms with Crippen molar-refractivity contribution in [2.24, 2.45) is 4.99 Å². The van der Waals surface area contributed by atoms with Gasteiger partial charge in [-0.1, -0.05) is 25.1 Å². The van der Waals surface area contributed by atoms with Crippen LogP contribution in [-0.2, 0) is 13.1 Å². The number of halogens is 1. The Bertz CT molecular complexity index is 677. The summed E-state index contributed by atoms with van der Waals surface area (Å²) in [5, 5.41) is 17.1. The van der Waals surface area contributed by atoms with Crippen LogP contribution in [0.3, 0.4) is 0 Å². The molecule has 0 bridgehead atoms. The van der Waals surface area contributed by atoms with E-state index in [0.717, 1.165) is 24.2 Å². The van der Waals surface area contributed by atoms with Crippen LogP contribution in [0.15, 0.2) is 53.7 Å². The number of nitrogens with one attached hydrogen (secondary N) is 2.